The van der Waals surface area contributed by atoms with E-state index in [4.69, 9.17) is 46.4 Å². The first-order chi connectivity index (χ1) is 10.1. The summed E-state index contributed by atoms with van der Waals surface area (Å²) in [4.78, 5) is 38.6. The van der Waals surface area contributed by atoms with Crippen molar-refractivity contribution in [2.75, 3.05) is 12.4 Å². The monoisotopic (exact) mass is 499 g/mol. The summed E-state index contributed by atoms with van der Waals surface area (Å²) >= 11 is 23.5. The van der Waals surface area contributed by atoms with Gasteiger partial charge in [0.15, 0.2) is 0 Å². The Hall–Kier alpha value is -0.550. The van der Waals surface area contributed by atoms with Crippen LogP contribution in [0.1, 0.15) is 10.4 Å². The van der Waals surface area contributed by atoms with Gasteiger partial charge in [-0.15, -0.1) is 0 Å². The third-order valence-electron chi connectivity index (χ3n) is 2.11. The predicted molar refractivity (Wildman–Crippen MR) is 90.8 cm³/mol. The van der Waals surface area contributed by atoms with Gasteiger partial charge in [-0.3, -0.25) is 10.1 Å². The molecule has 1 aromatic heterocycles. The molecule has 0 aliphatic rings. The standard InChI is InChI=1S/C10H6Cl4IN3O4/c1-22-7(19)3-2-16-6(11)4(15)5(3)17-9(21)18-8(20)10(12,13)14/h2H,1H3,(H2,16,17,18,20,21). The predicted octanol–water partition coefficient (Wildman–Crippen LogP) is 3.14. The number of anilines is 1. The Balaban J connectivity index is 3.06. The highest BCUT2D eigenvalue weighted by Gasteiger charge is 2.32. The van der Waals surface area contributed by atoms with Gasteiger partial charge in [-0.25, -0.2) is 14.6 Å². The molecule has 12 heteroatoms. The van der Waals surface area contributed by atoms with Crippen molar-refractivity contribution in [1.82, 2.24) is 10.3 Å². The Kier molecular flexibility index (Phi) is 6.93. The topological polar surface area (TPSA) is 97.4 Å². The maximum absolute atomic E-state index is 11.8. The lowest BCUT2D eigenvalue weighted by Crippen LogP contribution is -2.41. The molecule has 0 atom stereocenters. The summed E-state index contributed by atoms with van der Waals surface area (Å²) in [7, 11) is 1.15. The molecule has 0 fully saturated rings. The minimum atomic E-state index is -2.31. The number of nitrogens with one attached hydrogen (secondary N) is 2. The van der Waals surface area contributed by atoms with Crippen molar-refractivity contribution in [2.24, 2.45) is 0 Å². The normalized spacial score (nSPS) is 10.8. The summed E-state index contributed by atoms with van der Waals surface area (Å²) in [6, 6.07) is -1.03. The molecule has 0 saturated heterocycles. The van der Waals surface area contributed by atoms with Crippen LogP contribution in [0.15, 0.2) is 6.20 Å². The van der Waals surface area contributed by atoms with E-state index in [0.29, 0.717) is 0 Å². The van der Waals surface area contributed by atoms with E-state index < -0.39 is 21.7 Å². The van der Waals surface area contributed by atoms with E-state index >= 15 is 0 Å². The molecule has 0 unspecified atom stereocenters. The lowest BCUT2D eigenvalue weighted by Gasteiger charge is -2.14. The number of alkyl halides is 3. The molecule has 0 saturated carbocycles. The highest BCUT2D eigenvalue weighted by Crippen LogP contribution is 2.29. The summed E-state index contributed by atoms with van der Waals surface area (Å²) in [6.45, 7) is 0. The summed E-state index contributed by atoms with van der Waals surface area (Å²) in [5.41, 5.74) is -0.0603. The van der Waals surface area contributed by atoms with Gasteiger partial charge in [0.25, 0.3) is 9.70 Å². The number of halogens is 5. The number of urea groups is 1. The third-order valence-corrected chi connectivity index (χ3v) is 4.28. The van der Waals surface area contributed by atoms with Crippen molar-refractivity contribution in [2.45, 2.75) is 3.79 Å². The number of pyridine rings is 1. The zero-order chi connectivity index (χ0) is 17.1. The molecule has 22 heavy (non-hydrogen) atoms. The molecule has 0 bridgehead atoms. The highest BCUT2D eigenvalue weighted by molar-refractivity contribution is 14.1. The second-order valence-corrected chi connectivity index (χ2v) is 7.27. The fourth-order valence-electron chi connectivity index (χ4n) is 1.17. The second-order valence-electron chi connectivity index (χ2n) is 3.55. The number of carbonyl (C=O) groups excluding carboxylic acids is 3. The minimum absolute atomic E-state index is 0.00191. The Bertz CT molecular complexity index is 635. The van der Waals surface area contributed by atoms with Gasteiger partial charge in [0, 0.05) is 6.20 Å². The molecule has 0 aliphatic heterocycles. The van der Waals surface area contributed by atoms with Gasteiger partial charge in [-0.1, -0.05) is 46.4 Å². The SMILES string of the molecule is COC(=O)c1cnc(Cl)c(I)c1NC(=O)NC(=O)C(Cl)(Cl)Cl. The molecule has 2 N–H and O–H groups in total. The van der Waals surface area contributed by atoms with E-state index in [1.165, 1.54) is 0 Å². The van der Waals surface area contributed by atoms with Crippen LogP contribution in [-0.4, -0.2) is 33.8 Å². The average molecular weight is 501 g/mol. The maximum atomic E-state index is 11.8. The number of methoxy groups -OCH3 is 1. The fraction of sp³-hybridized carbons (Fsp3) is 0.200. The summed E-state index contributed by atoms with van der Waals surface area (Å²) in [5, 5.41) is 4.09. The van der Waals surface area contributed by atoms with Crippen molar-refractivity contribution in [3.8, 4) is 0 Å². The van der Waals surface area contributed by atoms with Crippen LogP contribution >= 0.6 is 69.0 Å². The first-order valence-corrected chi connectivity index (χ1v) is 7.78. The van der Waals surface area contributed by atoms with Gasteiger partial charge in [0.1, 0.15) is 10.7 Å². The van der Waals surface area contributed by atoms with Crippen molar-refractivity contribution >= 4 is 92.6 Å². The molecule has 0 spiro atoms. The number of amides is 3. The van der Waals surface area contributed by atoms with Crippen LogP contribution in [0.2, 0.25) is 5.15 Å². The molecule has 7 nitrogen and oxygen atoms in total. The van der Waals surface area contributed by atoms with Crippen LogP contribution in [0.25, 0.3) is 0 Å². The number of ether oxygens (including phenoxy) is 1. The summed E-state index contributed by atoms with van der Waals surface area (Å²) < 4.78 is 2.51. The van der Waals surface area contributed by atoms with Crippen LogP contribution in [0.3, 0.4) is 0 Å². The van der Waals surface area contributed by atoms with E-state index in [9.17, 15) is 14.4 Å². The molecular weight excluding hydrogens is 495 g/mol. The third kappa shape index (κ3) is 4.98. The van der Waals surface area contributed by atoms with E-state index in [2.05, 4.69) is 15.0 Å². The van der Waals surface area contributed by atoms with Crippen molar-refractivity contribution in [1.29, 1.82) is 0 Å². The maximum Gasteiger partial charge on any atom is 0.341 e. The highest BCUT2D eigenvalue weighted by atomic mass is 127. The molecule has 1 heterocycles. The zero-order valence-corrected chi connectivity index (χ0v) is 15.7. The molecule has 120 valence electrons. The number of nitrogens with zero attached hydrogens (tertiary/aromatic N) is 1. The number of carbonyl (C=O) groups is 3. The van der Waals surface area contributed by atoms with Gasteiger partial charge in [0.05, 0.1) is 16.4 Å². The number of hydrogen-bond donors (Lipinski definition) is 2. The van der Waals surface area contributed by atoms with Crippen LogP contribution in [0.4, 0.5) is 10.5 Å². The molecule has 0 aromatic carbocycles. The van der Waals surface area contributed by atoms with Crippen molar-refractivity contribution < 1.29 is 19.1 Å². The number of imide groups is 1. The Morgan fingerprint density at radius 1 is 1.32 bits per heavy atom. The van der Waals surface area contributed by atoms with Gasteiger partial charge in [-0.2, -0.15) is 0 Å². The first kappa shape index (κ1) is 19.5. The van der Waals surface area contributed by atoms with Gasteiger partial charge < -0.3 is 10.1 Å². The zero-order valence-electron chi connectivity index (χ0n) is 10.5. The van der Waals surface area contributed by atoms with E-state index in [-0.39, 0.29) is 20.0 Å². The molecule has 0 radical (unpaired) electrons. The lowest BCUT2D eigenvalue weighted by molar-refractivity contribution is -0.119. The average Bonchev–Trinajstić information content (AvgIpc) is 2.42. The van der Waals surface area contributed by atoms with E-state index in [0.717, 1.165) is 13.3 Å². The Morgan fingerprint density at radius 3 is 2.41 bits per heavy atom. The quantitative estimate of drug-likeness (QED) is 0.281. The van der Waals surface area contributed by atoms with Crippen LogP contribution in [0, 0.1) is 3.57 Å². The second kappa shape index (κ2) is 7.82. The number of hydrogen-bond acceptors (Lipinski definition) is 5. The molecular formula is C10H6Cl4IN3O4. The Morgan fingerprint density at radius 2 is 1.91 bits per heavy atom. The first-order valence-electron chi connectivity index (χ1n) is 5.19. The summed E-state index contributed by atoms with van der Waals surface area (Å²) in [5.74, 6) is -1.92. The van der Waals surface area contributed by atoms with Crippen LogP contribution < -0.4 is 10.6 Å². The molecule has 1 aromatic rings. The fourth-order valence-corrected chi connectivity index (χ4v) is 2.02. The largest absolute Gasteiger partial charge is 0.465 e. The van der Waals surface area contributed by atoms with Crippen molar-refractivity contribution in [3.05, 3.63) is 20.5 Å². The van der Waals surface area contributed by atoms with Crippen LogP contribution in [0.5, 0.6) is 0 Å². The molecule has 1 rings (SSSR count). The number of aromatic nitrogens is 1. The van der Waals surface area contributed by atoms with E-state index in [1.807, 2.05) is 0 Å². The van der Waals surface area contributed by atoms with Crippen LogP contribution in [-0.2, 0) is 9.53 Å². The molecule has 0 aliphatic carbocycles. The van der Waals surface area contributed by atoms with Gasteiger partial charge in [0.2, 0.25) is 0 Å². The van der Waals surface area contributed by atoms with Crippen molar-refractivity contribution in [3.63, 3.8) is 0 Å². The smallest absolute Gasteiger partial charge is 0.341 e. The molecule has 3 amide bonds. The number of esters is 1. The lowest BCUT2D eigenvalue weighted by atomic mass is 10.2. The Labute approximate surface area is 158 Å². The minimum Gasteiger partial charge on any atom is -0.465 e. The van der Waals surface area contributed by atoms with Gasteiger partial charge in [-0.05, 0) is 22.6 Å². The van der Waals surface area contributed by atoms with E-state index in [1.54, 1.807) is 27.9 Å². The van der Waals surface area contributed by atoms with Gasteiger partial charge >= 0.3 is 12.0 Å². The number of rotatable bonds is 2. The summed E-state index contributed by atoms with van der Waals surface area (Å²) in [6.07, 6.45) is 1.11.